The maximum atomic E-state index is 5.30. The quantitative estimate of drug-likeness (QED) is 0.705. The van der Waals surface area contributed by atoms with E-state index in [0.29, 0.717) is 0 Å². The molecule has 0 unspecified atom stereocenters. The van der Waals surface area contributed by atoms with Gasteiger partial charge >= 0.3 is 0 Å². The lowest BCUT2D eigenvalue weighted by Crippen LogP contribution is -2.39. The second-order valence-electron chi connectivity index (χ2n) is 5.42. The van der Waals surface area contributed by atoms with Crippen LogP contribution in [-0.4, -0.2) is 9.55 Å². The molecule has 14 heavy (non-hydrogen) atoms. The first-order valence-corrected chi connectivity index (χ1v) is 5.36. The van der Waals surface area contributed by atoms with Gasteiger partial charge in [0.25, 0.3) is 0 Å². The van der Waals surface area contributed by atoms with Gasteiger partial charge in [-0.2, -0.15) is 0 Å². The maximum absolute atomic E-state index is 5.30. The Kier molecular flexibility index (Phi) is 2.65. The number of aromatic amines is 1. The van der Waals surface area contributed by atoms with Gasteiger partial charge in [0.1, 0.15) is 0 Å². The number of H-pyrrole nitrogens is 1. The Labute approximate surface area is 91.3 Å². The largest absolute Gasteiger partial charge is 0.335 e. The molecule has 1 heterocycles. The zero-order valence-corrected chi connectivity index (χ0v) is 10.7. The van der Waals surface area contributed by atoms with E-state index in [-0.39, 0.29) is 11.0 Å². The summed E-state index contributed by atoms with van der Waals surface area (Å²) in [7, 11) is 0. The highest BCUT2D eigenvalue weighted by Crippen LogP contribution is 2.36. The van der Waals surface area contributed by atoms with Gasteiger partial charge < -0.3 is 9.55 Å². The average Bonchev–Trinajstić information content (AvgIpc) is 2.27. The lowest BCUT2D eigenvalue weighted by Gasteiger charge is -2.40. The molecule has 0 aliphatic heterocycles. The van der Waals surface area contributed by atoms with Crippen LogP contribution >= 0.6 is 12.2 Å². The van der Waals surface area contributed by atoms with E-state index in [1.807, 2.05) is 6.92 Å². The zero-order valence-electron chi connectivity index (χ0n) is 9.93. The molecule has 80 valence electrons. The van der Waals surface area contributed by atoms with Crippen LogP contribution in [0.1, 0.15) is 40.3 Å². The average molecular weight is 212 g/mol. The topological polar surface area (TPSA) is 20.7 Å². The third-order valence-corrected chi connectivity index (χ3v) is 3.58. The molecule has 0 bridgehead atoms. The second kappa shape index (κ2) is 3.23. The lowest BCUT2D eigenvalue weighted by molar-refractivity contribution is 0.138. The highest BCUT2D eigenvalue weighted by Gasteiger charge is 2.34. The van der Waals surface area contributed by atoms with Crippen LogP contribution in [0.5, 0.6) is 0 Å². The Balaban J connectivity index is 3.30. The first-order chi connectivity index (χ1) is 6.16. The number of imidazole rings is 1. The summed E-state index contributed by atoms with van der Waals surface area (Å²) < 4.78 is 2.96. The first kappa shape index (κ1) is 11.5. The van der Waals surface area contributed by atoms with E-state index < -0.39 is 0 Å². The van der Waals surface area contributed by atoms with Gasteiger partial charge in [-0.15, -0.1) is 0 Å². The third kappa shape index (κ3) is 1.78. The number of hydrogen-bond donors (Lipinski definition) is 1. The molecule has 3 heteroatoms. The van der Waals surface area contributed by atoms with Gasteiger partial charge in [-0.3, -0.25) is 0 Å². The number of aromatic nitrogens is 2. The summed E-state index contributed by atoms with van der Waals surface area (Å²) in [5.41, 5.74) is 1.32. The molecule has 0 atom stereocenters. The minimum Gasteiger partial charge on any atom is -0.335 e. The molecule has 0 amide bonds. The van der Waals surface area contributed by atoms with Crippen LogP contribution in [0.2, 0.25) is 0 Å². The fourth-order valence-corrected chi connectivity index (χ4v) is 1.73. The number of nitrogens with zero attached hydrogens (tertiary/aromatic N) is 1. The van der Waals surface area contributed by atoms with Crippen molar-refractivity contribution in [1.29, 1.82) is 0 Å². The fourth-order valence-electron chi connectivity index (χ4n) is 1.29. The zero-order chi connectivity index (χ0) is 11.1. The van der Waals surface area contributed by atoms with E-state index in [0.717, 1.165) is 10.5 Å². The number of hydrogen-bond acceptors (Lipinski definition) is 1. The Morgan fingerprint density at radius 1 is 1.21 bits per heavy atom. The molecule has 0 aliphatic carbocycles. The summed E-state index contributed by atoms with van der Waals surface area (Å²) in [6, 6.07) is 0. The minimum atomic E-state index is 0.0227. The van der Waals surface area contributed by atoms with Crippen molar-refractivity contribution in [3.8, 4) is 0 Å². The van der Waals surface area contributed by atoms with Gasteiger partial charge in [0, 0.05) is 17.4 Å². The van der Waals surface area contributed by atoms with E-state index >= 15 is 0 Å². The van der Waals surface area contributed by atoms with Crippen molar-refractivity contribution in [3.63, 3.8) is 0 Å². The molecule has 1 N–H and O–H groups in total. The molecule has 0 saturated heterocycles. The van der Waals surface area contributed by atoms with E-state index in [9.17, 15) is 0 Å². The van der Waals surface area contributed by atoms with Gasteiger partial charge in [0.05, 0.1) is 0 Å². The second-order valence-corrected chi connectivity index (χ2v) is 5.81. The third-order valence-electron chi connectivity index (χ3n) is 3.28. The normalized spacial score (nSPS) is 13.3. The van der Waals surface area contributed by atoms with Crippen LogP contribution in [-0.2, 0) is 5.54 Å². The van der Waals surface area contributed by atoms with Gasteiger partial charge in [-0.25, -0.2) is 0 Å². The summed E-state index contributed by atoms with van der Waals surface area (Å²) in [5, 5.41) is 0. The molecule has 1 rings (SSSR count). The Morgan fingerprint density at radius 3 is 2.00 bits per heavy atom. The van der Waals surface area contributed by atoms with Crippen LogP contribution in [0.15, 0.2) is 6.20 Å². The van der Waals surface area contributed by atoms with Gasteiger partial charge in [-0.1, -0.05) is 20.8 Å². The molecule has 0 spiro atoms. The molecule has 0 aliphatic rings. The summed E-state index contributed by atoms with van der Waals surface area (Å²) in [6.07, 6.45) is 2.09. The predicted molar refractivity (Wildman–Crippen MR) is 63.1 cm³/mol. The Bertz CT molecular complexity index is 377. The van der Waals surface area contributed by atoms with E-state index in [4.69, 9.17) is 12.2 Å². The molecule has 0 radical (unpaired) electrons. The summed E-state index contributed by atoms with van der Waals surface area (Å²) in [4.78, 5) is 3.16. The summed E-state index contributed by atoms with van der Waals surface area (Å²) in [5.74, 6) is 0. The highest BCUT2D eigenvalue weighted by molar-refractivity contribution is 7.71. The SMILES string of the molecule is Cc1cn(C(C)(C)C(C)(C)C)c(=S)[nH]1. The fraction of sp³-hybridized carbons (Fsp3) is 0.727. The van der Waals surface area contributed by atoms with E-state index in [1.165, 1.54) is 0 Å². The van der Waals surface area contributed by atoms with Crippen molar-refractivity contribution in [2.75, 3.05) is 0 Å². The monoisotopic (exact) mass is 212 g/mol. The van der Waals surface area contributed by atoms with Crippen molar-refractivity contribution in [2.45, 2.75) is 47.1 Å². The highest BCUT2D eigenvalue weighted by atomic mass is 32.1. The van der Waals surface area contributed by atoms with Crippen molar-refractivity contribution in [3.05, 3.63) is 16.7 Å². The van der Waals surface area contributed by atoms with Crippen molar-refractivity contribution >= 4 is 12.2 Å². The standard InChI is InChI=1S/C11H20N2S/c1-8-7-13(9(14)12-8)11(5,6)10(2,3)4/h7H,1-6H3,(H,12,14). The summed E-state index contributed by atoms with van der Waals surface area (Å²) in [6.45, 7) is 13.2. The van der Waals surface area contributed by atoms with Gasteiger partial charge in [0.2, 0.25) is 0 Å². The Morgan fingerprint density at radius 2 is 1.71 bits per heavy atom. The summed E-state index contributed by atoms with van der Waals surface area (Å²) >= 11 is 5.30. The number of rotatable bonds is 1. The molecule has 1 aromatic heterocycles. The molecule has 0 aromatic carbocycles. The van der Waals surface area contributed by atoms with Gasteiger partial charge in [0.15, 0.2) is 4.77 Å². The van der Waals surface area contributed by atoms with Crippen LogP contribution in [0.4, 0.5) is 0 Å². The maximum Gasteiger partial charge on any atom is 0.177 e. The Hall–Kier alpha value is -0.570. The molecule has 0 saturated carbocycles. The van der Waals surface area contributed by atoms with Crippen molar-refractivity contribution in [1.82, 2.24) is 9.55 Å². The molecular formula is C11H20N2S. The lowest BCUT2D eigenvalue weighted by atomic mass is 9.76. The molecule has 1 aromatic rings. The van der Waals surface area contributed by atoms with Crippen molar-refractivity contribution < 1.29 is 0 Å². The predicted octanol–water partition coefficient (Wildman–Crippen LogP) is 3.64. The van der Waals surface area contributed by atoms with E-state index in [1.54, 1.807) is 0 Å². The minimum absolute atomic E-state index is 0.0227. The van der Waals surface area contributed by atoms with Gasteiger partial charge in [-0.05, 0) is 38.4 Å². The number of nitrogens with one attached hydrogen (secondary N) is 1. The smallest absolute Gasteiger partial charge is 0.177 e. The van der Waals surface area contributed by atoms with Crippen LogP contribution in [0.25, 0.3) is 0 Å². The number of aryl methyl sites for hydroxylation is 1. The van der Waals surface area contributed by atoms with E-state index in [2.05, 4.69) is 50.4 Å². The molecule has 2 nitrogen and oxygen atoms in total. The van der Waals surface area contributed by atoms with Crippen LogP contribution in [0.3, 0.4) is 0 Å². The van der Waals surface area contributed by atoms with Crippen LogP contribution < -0.4 is 0 Å². The molecular weight excluding hydrogens is 192 g/mol. The molecule has 0 fully saturated rings. The first-order valence-electron chi connectivity index (χ1n) is 4.95. The van der Waals surface area contributed by atoms with Crippen molar-refractivity contribution in [2.24, 2.45) is 5.41 Å². The van der Waals surface area contributed by atoms with Crippen LogP contribution in [0, 0.1) is 17.1 Å².